The van der Waals surface area contributed by atoms with E-state index in [4.69, 9.17) is 5.02 Å². The molecule has 1 aromatic carbocycles. The van der Waals surface area contributed by atoms with E-state index >= 15 is 0 Å². The molecule has 1 rings (SSSR count). The smallest absolute Gasteiger partial charge is 0.326 e. The second kappa shape index (κ2) is 3.29. The first-order valence-corrected chi connectivity index (χ1v) is 3.84. The fraction of sp³-hybridized carbons (Fsp3) is 0.333. The van der Waals surface area contributed by atoms with Crippen LogP contribution < -0.4 is 5.46 Å². The first-order valence-electron chi connectivity index (χ1n) is 3.84. The van der Waals surface area contributed by atoms with Gasteiger partial charge in [0.1, 0.15) is 0 Å². The highest BCUT2D eigenvalue weighted by molar-refractivity contribution is 6.45. The van der Waals surface area contributed by atoms with Crippen molar-refractivity contribution in [2.24, 2.45) is 0 Å². The molecule has 0 saturated heterocycles. The predicted octanol–water partition coefficient (Wildman–Crippen LogP) is 0.151. The summed E-state index contributed by atoms with van der Waals surface area (Å²) in [4.78, 5) is 0. The fourth-order valence-corrected chi connectivity index (χ4v) is 1.000. The largest absolute Gasteiger partial charge is 0.450 e. The Hall–Kier alpha value is -0.795. The van der Waals surface area contributed by atoms with Gasteiger partial charge in [0.25, 0.3) is 0 Å². The van der Waals surface area contributed by atoms with Gasteiger partial charge >= 0.3 is 7.48 Å². The summed E-state index contributed by atoms with van der Waals surface area (Å²) in [6.45, 7) is 3.42. The highest BCUT2D eigenvalue weighted by atomic mass is 16.3. The van der Waals surface area contributed by atoms with Crippen molar-refractivity contribution in [1.29, 1.82) is 0 Å². The van der Waals surface area contributed by atoms with Crippen molar-refractivity contribution in [3.8, 4) is 0 Å². The number of hydrogen-bond donors (Lipinski definition) is 2. The van der Waals surface area contributed by atoms with Crippen LogP contribution in [0, 0.1) is 0 Å². The maximum Gasteiger partial charge on any atom is 0.326 e. The van der Waals surface area contributed by atoms with E-state index in [0.29, 0.717) is 5.46 Å². The van der Waals surface area contributed by atoms with E-state index in [2.05, 4.69) is 0 Å². The minimum Gasteiger partial charge on any atom is -0.450 e. The van der Waals surface area contributed by atoms with Crippen molar-refractivity contribution in [3.63, 3.8) is 0 Å². The van der Waals surface area contributed by atoms with Crippen LogP contribution in [-0.4, -0.2) is 17.6 Å². The van der Waals surface area contributed by atoms with E-state index in [1.807, 2.05) is 6.07 Å². The molecule has 0 bridgehead atoms. The summed E-state index contributed by atoms with van der Waals surface area (Å²) < 4.78 is 0. The van der Waals surface area contributed by atoms with Crippen LogP contribution in [0.15, 0.2) is 24.3 Å². The molecule has 0 saturated carbocycles. The van der Waals surface area contributed by atoms with Gasteiger partial charge in [-0.2, -0.15) is 0 Å². The molecule has 0 fully saturated rings. The van der Waals surface area contributed by atoms with Crippen molar-refractivity contribution in [2.45, 2.75) is 19.4 Å². The summed E-state index contributed by atoms with van der Waals surface area (Å²) in [6, 6.07) is 7.15. The van der Waals surface area contributed by atoms with Crippen LogP contribution >= 0.6 is 0 Å². The van der Waals surface area contributed by atoms with Crippen LogP contribution in [-0.2, 0) is 5.60 Å². The molecule has 0 atom stereocenters. The number of benzene rings is 1. The van der Waals surface area contributed by atoms with E-state index in [0.717, 1.165) is 13.0 Å². The van der Waals surface area contributed by atoms with E-state index in [-0.39, 0.29) is 0 Å². The van der Waals surface area contributed by atoms with Crippen molar-refractivity contribution >= 4 is 12.9 Å². The second-order valence-electron chi connectivity index (χ2n) is 3.31. The summed E-state index contributed by atoms with van der Waals surface area (Å²) in [7, 11) is 1.02. The molecule has 0 aliphatic carbocycles. The molecule has 0 amide bonds. The minimum absolute atomic E-state index is 0.703. The van der Waals surface area contributed by atoms with Gasteiger partial charge < -0.3 is 10.1 Å². The van der Waals surface area contributed by atoms with E-state index in [1.54, 1.807) is 32.0 Å². The first kappa shape index (κ1) is 9.29. The highest BCUT2D eigenvalue weighted by Crippen LogP contribution is 2.17. The molecule has 12 heavy (non-hydrogen) atoms. The lowest BCUT2D eigenvalue weighted by molar-refractivity contribution is 0.0787. The van der Waals surface area contributed by atoms with E-state index in [9.17, 15) is 5.11 Å². The molecule has 0 heterocycles. The van der Waals surface area contributed by atoms with E-state index in [1.165, 1.54) is 0 Å². The Balaban J connectivity index is 3.02. The third-order valence-electron chi connectivity index (χ3n) is 1.74. The molecule has 1 aromatic rings. The summed E-state index contributed by atoms with van der Waals surface area (Å²) >= 11 is 0. The van der Waals surface area contributed by atoms with Crippen molar-refractivity contribution in [2.75, 3.05) is 0 Å². The SMILES string of the molecule is CC(C)(O)c1cccc([B]O)c1. The van der Waals surface area contributed by atoms with Crippen LogP contribution in [0.1, 0.15) is 19.4 Å². The van der Waals surface area contributed by atoms with Crippen molar-refractivity contribution < 1.29 is 10.1 Å². The monoisotopic (exact) mass is 163 g/mol. The van der Waals surface area contributed by atoms with Crippen LogP contribution in [0.5, 0.6) is 0 Å². The molecule has 0 aliphatic heterocycles. The van der Waals surface area contributed by atoms with Gasteiger partial charge in [0.15, 0.2) is 0 Å². The lowest BCUT2D eigenvalue weighted by Gasteiger charge is -2.17. The second-order valence-corrected chi connectivity index (χ2v) is 3.31. The third-order valence-corrected chi connectivity index (χ3v) is 1.74. The van der Waals surface area contributed by atoms with Crippen LogP contribution in [0.25, 0.3) is 0 Å². The standard InChI is InChI=1S/C9H12BO2/c1-9(2,11)7-4-3-5-8(6-7)10-12/h3-6,11-12H,1-2H3. The Kier molecular flexibility index (Phi) is 2.55. The van der Waals surface area contributed by atoms with Gasteiger partial charge in [-0.05, 0) is 19.4 Å². The van der Waals surface area contributed by atoms with Gasteiger partial charge in [-0.1, -0.05) is 29.7 Å². The Labute approximate surface area is 73.1 Å². The molecular formula is C9H12BO2. The summed E-state index contributed by atoms with van der Waals surface area (Å²) in [6.07, 6.45) is 0. The number of aliphatic hydroxyl groups is 1. The molecule has 0 unspecified atom stereocenters. The molecular weight excluding hydrogens is 151 g/mol. The minimum atomic E-state index is -0.848. The zero-order valence-corrected chi connectivity index (χ0v) is 7.28. The fourth-order valence-electron chi connectivity index (χ4n) is 1.000. The lowest BCUT2D eigenvalue weighted by Crippen LogP contribution is -2.20. The first-order chi connectivity index (χ1) is 5.54. The Bertz CT molecular complexity index is 265. The maximum absolute atomic E-state index is 9.61. The van der Waals surface area contributed by atoms with Gasteiger partial charge in [-0.15, -0.1) is 0 Å². The molecule has 2 nitrogen and oxygen atoms in total. The van der Waals surface area contributed by atoms with Crippen LogP contribution in [0.2, 0.25) is 0 Å². The van der Waals surface area contributed by atoms with Gasteiger partial charge in [0.05, 0.1) is 5.60 Å². The molecule has 2 N–H and O–H groups in total. The molecule has 1 radical (unpaired) electrons. The summed E-state index contributed by atoms with van der Waals surface area (Å²) in [5.74, 6) is 0. The maximum atomic E-state index is 9.61. The van der Waals surface area contributed by atoms with E-state index < -0.39 is 5.60 Å². The molecule has 0 aliphatic rings. The quantitative estimate of drug-likeness (QED) is 0.609. The molecule has 3 heteroatoms. The van der Waals surface area contributed by atoms with Gasteiger partial charge in [-0.25, -0.2) is 0 Å². The Morgan fingerprint density at radius 3 is 2.50 bits per heavy atom. The molecule has 63 valence electrons. The molecule has 0 aromatic heterocycles. The number of rotatable bonds is 2. The van der Waals surface area contributed by atoms with Crippen LogP contribution in [0.4, 0.5) is 0 Å². The van der Waals surface area contributed by atoms with Gasteiger partial charge in [0.2, 0.25) is 0 Å². The zero-order valence-electron chi connectivity index (χ0n) is 7.28. The predicted molar refractivity (Wildman–Crippen MR) is 49.3 cm³/mol. The lowest BCUT2D eigenvalue weighted by atomic mass is 9.85. The Morgan fingerprint density at radius 2 is 2.00 bits per heavy atom. The van der Waals surface area contributed by atoms with Crippen molar-refractivity contribution in [3.05, 3.63) is 29.8 Å². The Morgan fingerprint density at radius 1 is 1.33 bits per heavy atom. The molecule has 0 spiro atoms. The summed E-state index contributed by atoms with van der Waals surface area (Å²) in [5.41, 5.74) is 0.652. The van der Waals surface area contributed by atoms with Gasteiger partial charge in [0, 0.05) is 0 Å². The normalized spacial score (nSPS) is 11.3. The topological polar surface area (TPSA) is 40.5 Å². The third kappa shape index (κ3) is 2.09. The average Bonchev–Trinajstić information content (AvgIpc) is 2.03. The zero-order chi connectivity index (χ0) is 9.19. The highest BCUT2D eigenvalue weighted by Gasteiger charge is 2.15. The number of hydrogen-bond acceptors (Lipinski definition) is 2. The summed E-state index contributed by atoms with van der Waals surface area (Å²) in [5, 5.41) is 18.3. The van der Waals surface area contributed by atoms with Crippen molar-refractivity contribution in [1.82, 2.24) is 0 Å². The average molecular weight is 163 g/mol. The van der Waals surface area contributed by atoms with Crippen LogP contribution in [0.3, 0.4) is 0 Å². The van der Waals surface area contributed by atoms with Gasteiger partial charge in [-0.3, -0.25) is 0 Å².